The molecular weight excluding hydrogens is 295 g/mol. The number of rotatable bonds is 2. The molecule has 1 fully saturated rings. The number of nitrogens with zero attached hydrogens (tertiary/aromatic N) is 5. The van der Waals surface area contributed by atoms with Crippen molar-refractivity contribution in [1.82, 2.24) is 19.5 Å². The summed E-state index contributed by atoms with van der Waals surface area (Å²) in [6.07, 6.45) is 3.23. The van der Waals surface area contributed by atoms with Crippen LogP contribution in [0.5, 0.6) is 0 Å². The molecule has 5 nitrogen and oxygen atoms in total. The molecule has 0 unspecified atom stereocenters. The summed E-state index contributed by atoms with van der Waals surface area (Å²) in [5.41, 5.74) is -0.832. The standard InChI is InChI=1S/C14H16F3N5/c1-21-9-11(14(15,16)17)20-13(21)10-3-2-6-22(8-10)12-7-18-4-5-19-12/h4-5,7,9-10H,2-3,6,8H2,1H3/t10-/m1/s1. The second kappa shape index (κ2) is 5.58. The van der Waals surface area contributed by atoms with Crippen molar-refractivity contribution in [3.05, 3.63) is 36.3 Å². The molecule has 3 heterocycles. The molecule has 118 valence electrons. The Kier molecular flexibility index (Phi) is 3.76. The Morgan fingerprint density at radius 1 is 1.27 bits per heavy atom. The first-order chi connectivity index (χ1) is 10.4. The van der Waals surface area contributed by atoms with E-state index < -0.39 is 11.9 Å². The fourth-order valence-corrected chi connectivity index (χ4v) is 2.85. The number of hydrogen-bond donors (Lipinski definition) is 0. The van der Waals surface area contributed by atoms with Crippen LogP contribution in [0.4, 0.5) is 19.0 Å². The molecule has 0 amide bonds. The van der Waals surface area contributed by atoms with Crippen LogP contribution in [0, 0.1) is 0 Å². The molecule has 0 saturated carbocycles. The zero-order valence-electron chi connectivity index (χ0n) is 12.1. The predicted molar refractivity (Wildman–Crippen MR) is 74.4 cm³/mol. The fraction of sp³-hybridized carbons (Fsp3) is 0.500. The molecule has 3 rings (SSSR count). The van der Waals surface area contributed by atoms with E-state index in [1.54, 1.807) is 25.6 Å². The van der Waals surface area contributed by atoms with Gasteiger partial charge in [0.25, 0.3) is 0 Å². The lowest BCUT2D eigenvalue weighted by Crippen LogP contribution is -2.35. The summed E-state index contributed by atoms with van der Waals surface area (Å²) in [4.78, 5) is 14.1. The van der Waals surface area contributed by atoms with Crippen molar-refractivity contribution in [3.63, 3.8) is 0 Å². The van der Waals surface area contributed by atoms with Crippen LogP contribution in [-0.4, -0.2) is 32.6 Å². The maximum absolute atomic E-state index is 12.8. The quantitative estimate of drug-likeness (QED) is 0.855. The summed E-state index contributed by atoms with van der Waals surface area (Å²) >= 11 is 0. The Labute approximate surface area is 125 Å². The van der Waals surface area contributed by atoms with Crippen LogP contribution in [-0.2, 0) is 13.2 Å². The molecule has 0 bridgehead atoms. The average Bonchev–Trinajstić information content (AvgIpc) is 2.90. The Morgan fingerprint density at radius 2 is 2.09 bits per heavy atom. The smallest absolute Gasteiger partial charge is 0.355 e. The molecule has 0 N–H and O–H groups in total. The molecule has 0 spiro atoms. The molecule has 1 aliphatic heterocycles. The molecule has 0 radical (unpaired) electrons. The van der Waals surface area contributed by atoms with Gasteiger partial charge in [0.15, 0.2) is 5.69 Å². The molecule has 0 aromatic carbocycles. The normalized spacial score (nSPS) is 19.5. The van der Waals surface area contributed by atoms with Gasteiger partial charge in [-0.15, -0.1) is 0 Å². The second-order valence-corrected chi connectivity index (χ2v) is 5.44. The Morgan fingerprint density at radius 3 is 2.73 bits per heavy atom. The van der Waals surface area contributed by atoms with Crippen LogP contribution in [0.25, 0.3) is 0 Å². The molecule has 1 aliphatic rings. The summed E-state index contributed by atoms with van der Waals surface area (Å²) in [5, 5.41) is 0. The lowest BCUT2D eigenvalue weighted by Gasteiger charge is -2.32. The molecule has 2 aromatic rings. The van der Waals surface area contributed by atoms with Gasteiger partial charge in [-0.2, -0.15) is 13.2 Å². The van der Waals surface area contributed by atoms with Gasteiger partial charge in [0.2, 0.25) is 0 Å². The Hall–Kier alpha value is -2.12. The predicted octanol–water partition coefficient (Wildman–Crippen LogP) is 2.61. The molecule has 1 atom stereocenters. The van der Waals surface area contributed by atoms with Gasteiger partial charge in [-0.05, 0) is 12.8 Å². The average molecular weight is 311 g/mol. The molecule has 1 saturated heterocycles. The molecule has 8 heteroatoms. The van der Waals surface area contributed by atoms with E-state index in [0.717, 1.165) is 31.4 Å². The van der Waals surface area contributed by atoms with Gasteiger partial charge in [0.05, 0.1) is 6.20 Å². The highest BCUT2D eigenvalue weighted by Crippen LogP contribution is 2.32. The number of hydrogen-bond acceptors (Lipinski definition) is 4. The maximum atomic E-state index is 12.8. The minimum atomic E-state index is -4.41. The first kappa shape index (κ1) is 14.8. The number of aryl methyl sites for hydroxylation is 1. The summed E-state index contributed by atoms with van der Waals surface area (Å²) in [6.45, 7) is 1.42. The first-order valence-corrected chi connectivity index (χ1v) is 7.06. The van der Waals surface area contributed by atoms with E-state index in [-0.39, 0.29) is 5.92 Å². The van der Waals surface area contributed by atoms with Crippen LogP contribution in [0.2, 0.25) is 0 Å². The number of halogens is 3. The van der Waals surface area contributed by atoms with Crippen molar-refractivity contribution < 1.29 is 13.2 Å². The maximum Gasteiger partial charge on any atom is 0.434 e. The minimum Gasteiger partial charge on any atom is -0.355 e. The third kappa shape index (κ3) is 2.90. The van der Waals surface area contributed by atoms with E-state index in [1.165, 1.54) is 4.57 Å². The highest BCUT2D eigenvalue weighted by atomic mass is 19.4. The van der Waals surface area contributed by atoms with Gasteiger partial charge in [-0.1, -0.05) is 0 Å². The van der Waals surface area contributed by atoms with Crippen LogP contribution in [0.15, 0.2) is 24.8 Å². The zero-order chi connectivity index (χ0) is 15.7. The largest absolute Gasteiger partial charge is 0.434 e. The topological polar surface area (TPSA) is 46.8 Å². The monoisotopic (exact) mass is 311 g/mol. The number of imidazole rings is 1. The Balaban J connectivity index is 1.82. The number of anilines is 1. The van der Waals surface area contributed by atoms with Gasteiger partial charge in [0.1, 0.15) is 11.6 Å². The highest BCUT2D eigenvalue weighted by molar-refractivity contribution is 5.36. The van der Waals surface area contributed by atoms with Crippen molar-refractivity contribution in [2.75, 3.05) is 18.0 Å². The van der Waals surface area contributed by atoms with Crippen LogP contribution < -0.4 is 4.90 Å². The summed E-state index contributed by atoms with van der Waals surface area (Å²) in [7, 11) is 1.61. The minimum absolute atomic E-state index is 0.0446. The Bertz CT molecular complexity index is 638. The number of alkyl halides is 3. The van der Waals surface area contributed by atoms with Gasteiger partial charge >= 0.3 is 6.18 Å². The van der Waals surface area contributed by atoms with E-state index >= 15 is 0 Å². The van der Waals surface area contributed by atoms with Crippen LogP contribution in [0.1, 0.15) is 30.3 Å². The van der Waals surface area contributed by atoms with E-state index in [4.69, 9.17) is 0 Å². The van der Waals surface area contributed by atoms with E-state index in [2.05, 4.69) is 15.0 Å². The van der Waals surface area contributed by atoms with Crippen LogP contribution >= 0.6 is 0 Å². The fourth-order valence-electron chi connectivity index (χ4n) is 2.85. The van der Waals surface area contributed by atoms with Crippen molar-refractivity contribution in [2.24, 2.45) is 7.05 Å². The van der Waals surface area contributed by atoms with Gasteiger partial charge < -0.3 is 9.47 Å². The SMILES string of the molecule is Cn1cc(C(F)(F)F)nc1[C@@H]1CCCN(c2cnccn2)C1. The van der Waals surface area contributed by atoms with Crippen LogP contribution in [0.3, 0.4) is 0 Å². The summed E-state index contributed by atoms with van der Waals surface area (Å²) < 4.78 is 39.8. The number of aromatic nitrogens is 4. The zero-order valence-corrected chi connectivity index (χ0v) is 12.1. The van der Waals surface area contributed by atoms with Gasteiger partial charge in [-0.25, -0.2) is 9.97 Å². The van der Waals surface area contributed by atoms with E-state index in [9.17, 15) is 13.2 Å². The third-order valence-electron chi connectivity index (χ3n) is 3.86. The molecular formula is C14H16F3N5. The van der Waals surface area contributed by atoms with E-state index in [1.807, 2.05) is 4.90 Å². The summed E-state index contributed by atoms with van der Waals surface area (Å²) in [5.74, 6) is 1.18. The lowest BCUT2D eigenvalue weighted by molar-refractivity contribution is -0.141. The second-order valence-electron chi connectivity index (χ2n) is 5.44. The first-order valence-electron chi connectivity index (χ1n) is 7.06. The molecule has 0 aliphatic carbocycles. The van der Waals surface area contributed by atoms with Gasteiger partial charge in [0, 0.05) is 44.6 Å². The highest BCUT2D eigenvalue weighted by Gasteiger charge is 2.36. The van der Waals surface area contributed by atoms with Crippen molar-refractivity contribution in [2.45, 2.75) is 24.9 Å². The van der Waals surface area contributed by atoms with Crippen molar-refractivity contribution in [1.29, 1.82) is 0 Å². The van der Waals surface area contributed by atoms with E-state index in [0.29, 0.717) is 12.4 Å². The summed E-state index contributed by atoms with van der Waals surface area (Å²) in [6, 6.07) is 0. The third-order valence-corrected chi connectivity index (χ3v) is 3.86. The molecule has 2 aromatic heterocycles. The lowest BCUT2D eigenvalue weighted by atomic mass is 9.97. The molecule has 22 heavy (non-hydrogen) atoms. The van der Waals surface area contributed by atoms with Crippen molar-refractivity contribution in [3.8, 4) is 0 Å². The van der Waals surface area contributed by atoms with Crippen molar-refractivity contribution >= 4 is 5.82 Å². The number of piperidine rings is 1. The van der Waals surface area contributed by atoms with Gasteiger partial charge in [-0.3, -0.25) is 4.98 Å².